The number of hydrogen-bond donors (Lipinski definition) is 2. The van der Waals surface area contributed by atoms with Crippen LogP contribution >= 0.6 is 11.8 Å². The lowest BCUT2D eigenvalue weighted by Gasteiger charge is -2.11. The molecule has 0 saturated heterocycles. The van der Waals surface area contributed by atoms with Gasteiger partial charge >= 0.3 is 0 Å². The van der Waals surface area contributed by atoms with Gasteiger partial charge in [0, 0.05) is 5.92 Å². The highest BCUT2D eigenvalue weighted by atomic mass is 32.2. The molecule has 4 aromatic rings. The van der Waals surface area contributed by atoms with Crippen molar-refractivity contribution >= 4 is 29.3 Å². The maximum absolute atomic E-state index is 5.93. The molecule has 0 saturated carbocycles. The summed E-state index contributed by atoms with van der Waals surface area (Å²) < 4.78 is 12.9. The van der Waals surface area contributed by atoms with Gasteiger partial charge in [0.05, 0.1) is 31.4 Å². The lowest BCUT2D eigenvalue weighted by atomic mass is 10.2. The number of anilines is 3. The number of furan rings is 1. The molecular weight excluding hydrogens is 428 g/mol. The van der Waals surface area contributed by atoms with Crippen LogP contribution in [-0.4, -0.2) is 36.8 Å². The van der Waals surface area contributed by atoms with Crippen LogP contribution in [0, 0.1) is 0 Å². The lowest BCUT2D eigenvalue weighted by molar-refractivity contribution is 0.417. The Balaban J connectivity index is 1.53. The summed E-state index contributed by atoms with van der Waals surface area (Å²) in [6.07, 6.45) is 1.66. The number of nitrogens with two attached hydrogens (primary N) is 1. The van der Waals surface area contributed by atoms with Gasteiger partial charge in [-0.05, 0) is 24.3 Å². The first-order valence-electron chi connectivity index (χ1n) is 10.0. The number of benzene rings is 1. The van der Waals surface area contributed by atoms with Crippen molar-refractivity contribution < 1.29 is 9.15 Å². The summed E-state index contributed by atoms with van der Waals surface area (Å²) in [7, 11) is 1.61. The molecule has 0 atom stereocenters. The fourth-order valence-corrected chi connectivity index (χ4v) is 3.90. The molecule has 3 heterocycles. The zero-order chi connectivity index (χ0) is 22.5. The molecule has 32 heavy (non-hydrogen) atoms. The molecular formula is C21H24N8O2S. The quantitative estimate of drug-likeness (QED) is 0.361. The van der Waals surface area contributed by atoms with Gasteiger partial charge in [0.1, 0.15) is 23.2 Å². The molecule has 166 valence electrons. The number of nitrogen functional groups attached to an aromatic ring is 1. The first kappa shape index (κ1) is 21.6. The molecule has 0 spiro atoms. The van der Waals surface area contributed by atoms with Gasteiger partial charge in [0.15, 0.2) is 5.16 Å². The lowest BCUT2D eigenvalue weighted by Crippen LogP contribution is -2.09. The molecule has 0 unspecified atom stereocenters. The molecule has 11 heteroatoms. The Kier molecular flexibility index (Phi) is 6.55. The van der Waals surface area contributed by atoms with Crippen LogP contribution in [0.4, 0.5) is 17.6 Å². The van der Waals surface area contributed by atoms with Crippen molar-refractivity contribution in [1.29, 1.82) is 0 Å². The number of thioether (sulfide) groups is 1. The number of para-hydroxylation sites is 2. The number of aromatic nitrogens is 6. The Bertz CT molecular complexity index is 1180. The van der Waals surface area contributed by atoms with E-state index in [1.54, 1.807) is 13.4 Å². The van der Waals surface area contributed by atoms with Crippen LogP contribution in [0.2, 0.25) is 0 Å². The summed E-state index contributed by atoms with van der Waals surface area (Å²) in [6, 6.07) is 11.3. The van der Waals surface area contributed by atoms with Crippen LogP contribution in [0.15, 0.2) is 52.2 Å². The molecule has 0 aliphatic carbocycles. The first-order valence-corrected chi connectivity index (χ1v) is 11.0. The van der Waals surface area contributed by atoms with Gasteiger partial charge in [-0.1, -0.05) is 37.7 Å². The van der Waals surface area contributed by atoms with E-state index >= 15 is 0 Å². The molecule has 4 rings (SSSR count). The average molecular weight is 453 g/mol. The van der Waals surface area contributed by atoms with E-state index in [1.165, 1.54) is 11.8 Å². The normalized spacial score (nSPS) is 11.1. The third-order valence-electron chi connectivity index (χ3n) is 4.54. The maximum atomic E-state index is 5.93. The number of nitrogens with one attached hydrogen (secondary N) is 1. The van der Waals surface area contributed by atoms with Crippen LogP contribution in [0.25, 0.3) is 0 Å². The van der Waals surface area contributed by atoms with E-state index < -0.39 is 0 Å². The minimum absolute atomic E-state index is 0.132. The molecule has 10 nitrogen and oxygen atoms in total. The molecule has 3 aromatic heterocycles. The molecule has 0 amide bonds. The predicted octanol–water partition coefficient (Wildman–Crippen LogP) is 3.85. The van der Waals surface area contributed by atoms with E-state index in [4.69, 9.17) is 14.9 Å². The SMILES string of the molecule is COc1ccccc1Nc1nc(N)nc(CSc2nnc(C(C)C)n2Cc2ccco2)n1. The summed E-state index contributed by atoms with van der Waals surface area (Å²) >= 11 is 1.48. The summed E-state index contributed by atoms with van der Waals surface area (Å²) in [5.74, 6) is 4.07. The summed E-state index contributed by atoms with van der Waals surface area (Å²) in [5.41, 5.74) is 6.66. The van der Waals surface area contributed by atoms with E-state index in [9.17, 15) is 0 Å². The van der Waals surface area contributed by atoms with Gasteiger partial charge in [-0.15, -0.1) is 10.2 Å². The van der Waals surface area contributed by atoms with Crippen molar-refractivity contribution in [2.75, 3.05) is 18.2 Å². The van der Waals surface area contributed by atoms with Gasteiger partial charge in [-0.2, -0.15) is 15.0 Å². The third kappa shape index (κ3) is 4.99. The van der Waals surface area contributed by atoms with Gasteiger partial charge in [0.2, 0.25) is 11.9 Å². The minimum atomic E-state index is 0.132. The smallest absolute Gasteiger partial charge is 0.232 e. The predicted molar refractivity (Wildman–Crippen MR) is 122 cm³/mol. The number of hydrogen-bond acceptors (Lipinski definition) is 10. The second kappa shape index (κ2) is 9.69. The molecule has 0 fully saturated rings. The summed E-state index contributed by atoms with van der Waals surface area (Å²) in [4.78, 5) is 13.0. The second-order valence-corrected chi connectivity index (χ2v) is 8.15. The Morgan fingerprint density at radius 3 is 2.72 bits per heavy atom. The number of methoxy groups -OCH3 is 1. The fraction of sp³-hybridized carbons (Fsp3) is 0.286. The molecule has 0 radical (unpaired) electrons. The summed E-state index contributed by atoms with van der Waals surface area (Å²) in [6.45, 7) is 4.72. The van der Waals surface area contributed by atoms with Crippen LogP contribution < -0.4 is 15.8 Å². The largest absolute Gasteiger partial charge is 0.495 e. The third-order valence-corrected chi connectivity index (χ3v) is 5.50. The highest BCUT2D eigenvalue weighted by molar-refractivity contribution is 7.98. The van der Waals surface area contributed by atoms with E-state index in [-0.39, 0.29) is 11.9 Å². The van der Waals surface area contributed by atoms with Crippen molar-refractivity contribution in [3.05, 3.63) is 60.1 Å². The Morgan fingerprint density at radius 2 is 1.97 bits per heavy atom. The average Bonchev–Trinajstić information content (AvgIpc) is 3.43. The van der Waals surface area contributed by atoms with Gasteiger partial charge in [-0.3, -0.25) is 4.57 Å². The van der Waals surface area contributed by atoms with Crippen LogP contribution in [-0.2, 0) is 12.3 Å². The van der Waals surface area contributed by atoms with Crippen molar-refractivity contribution in [1.82, 2.24) is 29.7 Å². The molecule has 0 aliphatic heterocycles. The van der Waals surface area contributed by atoms with Crippen molar-refractivity contribution in [2.45, 2.75) is 37.2 Å². The van der Waals surface area contributed by atoms with Crippen molar-refractivity contribution in [2.24, 2.45) is 0 Å². The Morgan fingerprint density at radius 1 is 1.12 bits per heavy atom. The standard InChI is InChI=1S/C21H24N8O2S/c1-13(2)18-27-28-21(29(18)11-14-7-6-10-31-14)32-12-17-24-19(22)26-20(25-17)23-15-8-4-5-9-16(15)30-3/h4-10,13H,11-12H2,1-3H3,(H3,22,23,24,25,26). The topological polar surface area (TPSA) is 130 Å². The molecule has 0 aliphatic rings. The van der Waals surface area contributed by atoms with Gasteiger partial charge in [0.25, 0.3) is 0 Å². The number of rotatable bonds is 9. The van der Waals surface area contributed by atoms with E-state index in [2.05, 4.69) is 44.3 Å². The van der Waals surface area contributed by atoms with Crippen LogP contribution in [0.1, 0.15) is 37.2 Å². The summed E-state index contributed by atoms with van der Waals surface area (Å²) in [5, 5.41) is 12.6. The Hall–Kier alpha value is -3.60. The Labute approximate surface area is 189 Å². The molecule has 3 N–H and O–H groups in total. The number of ether oxygens (including phenoxy) is 1. The van der Waals surface area contributed by atoms with E-state index in [1.807, 2.05) is 41.0 Å². The first-order chi connectivity index (χ1) is 15.5. The van der Waals surface area contributed by atoms with Crippen molar-refractivity contribution in [3.63, 3.8) is 0 Å². The van der Waals surface area contributed by atoms with Gasteiger partial charge < -0.3 is 20.2 Å². The fourth-order valence-electron chi connectivity index (χ4n) is 3.10. The van der Waals surface area contributed by atoms with Gasteiger partial charge in [-0.25, -0.2) is 0 Å². The highest BCUT2D eigenvalue weighted by Crippen LogP contribution is 2.27. The second-order valence-electron chi connectivity index (χ2n) is 7.21. The zero-order valence-corrected chi connectivity index (χ0v) is 18.8. The van der Waals surface area contributed by atoms with Crippen LogP contribution in [0.5, 0.6) is 5.75 Å². The van der Waals surface area contributed by atoms with Crippen LogP contribution in [0.3, 0.4) is 0 Å². The minimum Gasteiger partial charge on any atom is -0.495 e. The monoisotopic (exact) mass is 452 g/mol. The highest BCUT2D eigenvalue weighted by Gasteiger charge is 2.17. The number of nitrogens with zero attached hydrogens (tertiary/aromatic N) is 6. The van der Waals surface area contributed by atoms with Crippen molar-refractivity contribution in [3.8, 4) is 5.75 Å². The molecule has 1 aromatic carbocycles. The molecule has 0 bridgehead atoms. The maximum Gasteiger partial charge on any atom is 0.232 e. The van der Waals surface area contributed by atoms with E-state index in [0.29, 0.717) is 29.8 Å². The zero-order valence-electron chi connectivity index (χ0n) is 18.0. The van der Waals surface area contributed by atoms with E-state index in [0.717, 1.165) is 22.4 Å².